The number of phosphoric ester groups is 1. The predicted octanol–water partition coefficient (Wildman–Crippen LogP) is 15.4. The maximum absolute atomic E-state index is 13.4. The topological polar surface area (TPSA) is 252 Å². The Morgan fingerprint density at radius 1 is 0.644 bits per heavy atom. The van der Waals surface area contributed by atoms with Gasteiger partial charge in [-0.2, -0.15) is 9.59 Å². The molecule has 1 amide bonds. The van der Waals surface area contributed by atoms with Gasteiger partial charge in [0.2, 0.25) is 5.91 Å². The molecule has 0 radical (unpaired) electrons. The molecule has 0 bridgehead atoms. The van der Waals surface area contributed by atoms with Gasteiger partial charge in [0.25, 0.3) is 0 Å². The van der Waals surface area contributed by atoms with Gasteiger partial charge in [-0.1, -0.05) is 114 Å². The monoisotopic (exact) mass is 1250 g/mol. The fourth-order valence-electron chi connectivity index (χ4n) is 9.36. The van der Waals surface area contributed by atoms with Gasteiger partial charge in [0.15, 0.2) is 16.6 Å². The highest BCUT2D eigenvalue weighted by Gasteiger charge is 2.29. The first kappa shape index (κ1) is 74.9. The molecular weight excluding hydrogens is 1150 g/mol. The van der Waals surface area contributed by atoms with E-state index in [0.717, 1.165) is 124 Å². The highest BCUT2D eigenvalue weighted by atomic mass is 32.1. The zero-order valence-corrected chi connectivity index (χ0v) is 53.4. The van der Waals surface area contributed by atoms with E-state index in [9.17, 15) is 33.6 Å². The maximum atomic E-state index is 13.4. The molecule has 2 aromatic carbocycles. The molecule has 87 heavy (non-hydrogen) atoms. The molecule has 0 aromatic heterocycles. The van der Waals surface area contributed by atoms with Crippen LogP contribution in [0.5, 0.6) is 5.75 Å². The Kier molecular flexibility index (Phi) is 40.3. The van der Waals surface area contributed by atoms with Crippen molar-refractivity contribution in [3.63, 3.8) is 0 Å². The predicted molar refractivity (Wildman–Crippen MR) is 344 cm³/mol. The first-order valence-electron chi connectivity index (χ1n) is 31.5. The van der Waals surface area contributed by atoms with Crippen molar-refractivity contribution in [3.8, 4) is 28.2 Å². The Hall–Kier alpha value is -6.33. The average molecular weight is 1250 g/mol. The molecule has 1 aliphatic carbocycles. The number of thiocarbonyl (C=S) groups is 1. The van der Waals surface area contributed by atoms with E-state index in [4.69, 9.17) is 49.3 Å². The smallest absolute Gasteiger partial charge is 0.474 e. The summed E-state index contributed by atoms with van der Waals surface area (Å²) in [4.78, 5) is 79.1. The standard InChI is InChI=1S/C66H96N3O13PS.CO2/c1-4-6-8-10-12-14-16-18-20-22-25-35-63(74)78-50-57(81-64(75)36-26-23-21-19-17-15-13-11-9-7-5-2)51-80-83(76,77-3)79-47-31-33-54(70)32-27-28-34-62(73)67-45-29-24-30-46-68-66(84)69-53-39-37-52(38-40-53)65-58-43-41-55(71)48-60(58)82-61-49-56(72)42-44-59(61)65;2-1-3/h10-13,37-44,48-49,57,71H,4-9,14-36,45-47,50-51H2,1-3H3,(H,67,73)(H2,68,69,84);/b12-10+,13-11+;. The molecular formula is C67H96N3O15PS. The van der Waals surface area contributed by atoms with Crippen molar-refractivity contribution >= 4 is 71.6 Å². The van der Waals surface area contributed by atoms with Crippen molar-refractivity contribution in [2.75, 3.05) is 45.3 Å². The number of Topliss-reactive ketones (excluding diaryl/α,β-unsaturated/α-hetero) is 1. The van der Waals surface area contributed by atoms with Gasteiger partial charge in [-0.05, 0) is 144 Å². The number of esters is 2. The Labute approximate surface area is 520 Å². The summed E-state index contributed by atoms with van der Waals surface area (Å²) in [6.45, 7) is 4.87. The number of ketones is 1. The van der Waals surface area contributed by atoms with Crippen LogP contribution in [0.15, 0.2) is 94.2 Å². The Balaban J connectivity index is 0.00000646. The number of phosphoric acid groups is 1. The van der Waals surface area contributed by atoms with E-state index in [1.54, 1.807) is 18.2 Å². The number of hydrogen-bond donors (Lipinski definition) is 4. The third kappa shape index (κ3) is 34.1. The summed E-state index contributed by atoms with van der Waals surface area (Å²) in [5.74, 6) is -0.424. The van der Waals surface area contributed by atoms with Crippen LogP contribution >= 0.6 is 20.0 Å². The first-order chi connectivity index (χ1) is 42.2. The number of phenolic OH excluding ortho intramolecular Hbond substituents is 1. The summed E-state index contributed by atoms with van der Waals surface area (Å²) in [6.07, 6.45) is 32.4. The first-order valence-corrected chi connectivity index (χ1v) is 33.3. The minimum absolute atomic E-state index is 0.00470. The average Bonchev–Trinajstić information content (AvgIpc) is 1.40. The molecule has 4 rings (SSSR count). The van der Waals surface area contributed by atoms with E-state index in [1.165, 1.54) is 51.0 Å². The third-order valence-corrected chi connectivity index (χ3v) is 15.8. The zero-order valence-electron chi connectivity index (χ0n) is 51.7. The Morgan fingerprint density at radius 3 is 1.85 bits per heavy atom. The van der Waals surface area contributed by atoms with Crippen molar-refractivity contribution < 1.29 is 65.9 Å². The lowest BCUT2D eigenvalue weighted by Gasteiger charge is -2.21. The zero-order chi connectivity index (χ0) is 63.2. The van der Waals surface area contributed by atoms with Crippen molar-refractivity contribution in [2.24, 2.45) is 0 Å². The summed E-state index contributed by atoms with van der Waals surface area (Å²) in [7, 11) is -2.92. The van der Waals surface area contributed by atoms with Gasteiger partial charge in [0.05, 0.1) is 13.2 Å². The van der Waals surface area contributed by atoms with Crippen LogP contribution in [0, 0.1) is 0 Å². The Morgan fingerprint density at radius 2 is 1.21 bits per heavy atom. The summed E-state index contributed by atoms with van der Waals surface area (Å²) in [5, 5.41) is 20.8. The van der Waals surface area contributed by atoms with Crippen LogP contribution < -0.4 is 21.4 Å². The van der Waals surface area contributed by atoms with Gasteiger partial charge >= 0.3 is 25.9 Å². The lowest BCUT2D eigenvalue weighted by molar-refractivity contribution is -0.191. The molecule has 2 aromatic rings. The van der Waals surface area contributed by atoms with Crippen molar-refractivity contribution in [2.45, 2.75) is 206 Å². The highest BCUT2D eigenvalue weighted by molar-refractivity contribution is 7.80. The van der Waals surface area contributed by atoms with Crippen molar-refractivity contribution in [1.82, 2.24) is 10.6 Å². The van der Waals surface area contributed by atoms with Crippen LogP contribution in [0.4, 0.5) is 5.69 Å². The van der Waals surface area contributed by atoms with E-state index in [1.807, 2.05) is 24.3 Å². The number of nitrogens with one attached hydrogen (secondary N) is 3. The van der Waals surface area contributed by atoms with E-state index in [0.29, 0.717) is 68.1 Å². The SMILES string of the molecule is CCCC/C=C/CCCCCCCC(=O)OCC(COP(=O)(OC)OCCCC(=O)CCCCC(=O)NCCCCCNC(=S)Nc1ccc(-c2c3ccc(=O)cc-3oc3cc(O)ccc23)cc1)OC(=O)CCCCCCC/C=C/CCCC.O=C=O. The van der Waals surface area contributed by atoms with E-state index in [-0.39, 0.29) is 74.5 Å². The second-order valence-electron chi connectivity index (χ2n) is 21.5. The molecule has 0 spiro atoms. The minimum Gasteiger partial charge on any atom is -0.508 e. The van der Waals surface area contributed by atoms with Gasteiger partial charge in [0, 0.05) is 86.6 Å². The maximum Gasteiger partial charge on any atom is 0.474 e. The number of carbonyl (C=O) groups excluding carboxylic acids is 6. The number of carbonyl (C=O) groups is 4. The van der Waals surface area contributed by atoms with Crippen LogP contribution in [0.3, 0.4) is 0 Å². The van der Waals surface area contributed by atoms with Gasteiger partial charge in [-0.25, -0.2) is 4.57 Å². The fraction of sp³-hybridized carbons (Fsp3) is 0.567. The number of hydrogen-bond acceptors (Lipinski definition) is 16. The van der Waals surface area contributed by atoms with E-state index >= 15 is 0 Å². The summed E-state index contributed by atoms with van der Waals surface area (Å²) in [5.41, 5.74) is 3.69. The molecule has 4 N–H and O–H groups in total. The number of anilines is 1. The number of phenols is 1. The number of ether oxygens (including phenoxy) is 2. The second kappa shape index (κ2) is 46.8. The van der Waals surface area contributed by atoms with Crippen LogP contribution in [-0.2, 0) is 56.4 Å². The quantitative estimate of drug-likeness (QED) is 0.00801. The minimum atomic E-state index is -4.11. The number of benzene rings is 3. The molecule has 2 unspecified atom stereocenters. The number of amides is 1. The molecule has 18 nitrogen and oxygen atoms in total. The van der Waals surface area contributed by atoms with Crippen LogP contribution in [-0.4, -0.2) is 86.1 Å². The largest absolute Gasteiger partial charge is 0.508 e. The lowest BCUT2D eigenvalue weighted by atomic mass is 9.93. The molecule has 0 fully saturated rings. The number of aromatic hydroxyl groups is 1. The molecule has 0 saturated heterocycles. The van der Waals surface area contributed by atoms with Crippen LogP contribution in [0.25, 0.3) is 33.4 Å². The van der Waals surface area contributed by atoms with Gasteiger partial charge in [-0.15, -0.1) is 0 Å². The molecule has 0 saturated carbocycles. The number of allylic oxidation sites excluding steroid dienone is 4. The van der Waals surface area contributed by atoms with Crippen molar-refractivity contribution in [3.05, 3.63) is 95.2 Å². The second-order valence-corrected chi connectivity index (χ2v) is 23.7. The summed E-state index contributed by atoms with van der Waals surface area (Å²) in [6, 6.07) is 17.4. The van der Waals surface area contributed by atoms with Crippen LogP contribution in [0.2, 0.25) is 0 Å². The summed E-state index contributed by atoms with van der Waals surface area (Å²) >= 11 is 5.53. The molecule has 20 heteroatoms. The molecule has 2 aliphatic rings. The molecule has 1 heterocycles. The van der Waals surface area contributed by atoms with Gasteiger partial charge in [-0.3, -0.25) is 37.5 Å². The third-order valence-electron chi connectivity index (χ3n) is 14.2. The van der Waals surface area contributed by atoms with Crippen LogP contribution in [0.1, 0.15) is 200 Å². The Bertz CT molecular complexity index is 2800. The normalized spacial score (nSPS) is 12.3. The molecule has 480 valence electrons. The van der Waals surface area contributed by atoms with E-state index < -0.39 is 25.9 Å². The fourth-order valence-corrected chi connectivity index (χ4v) is 10.6. The lowest BCUT2D eigenvalue weighted by Crippen LogP contribution is -2.29. The van der Waals surface area contributed by atoms with E-state index in [2.05, 4.69) is 54.1 Å². The van der Waals surface area contributed by atoms with Crippen molar-refractivity contribution in [1.29, 1.82) is 0 Å². The number of rotatable bonds is 47. The molecule has 2 atom stereocenters. The summed E-state index contributed by atoms with van der Waals surface area (Å²) < 4.78 is 46.7. The number of fused-ring (bicyclic) bond motifs is 2. The highest BCUT2D eigenvalue weighted by Crippen LogP contribution is 2.49. The number of unbranched alkanes of at least 4 members (excludes halogenated alkanes) is 17. The van der Waals surface area contributed by atoms with Gasteiger partial charge < -0.3 is 34.9 Å². The van der Waals surface area contributed by atoms with Gasteiger partial charge in [0.1, 0.15) is 29.5 Å². The molecule has 1 aliphatic heterocycles.